The maximum absolute atomic E-state index is 5.66. The summed E-state index contributed by atoms with van der Waals surface area (Å²) in [5.41, 5.74) is 6.64. The lowest BCUT2D eigenvalue weighted by Gasteiger charge is -2.05. The third-order valence-electron chi connectivity index (χ3n) is 1.32. The van der Waals surface area contributed by atoms with Crippen LogP contribution in [0.1, 0.15) is 11.6 Å². The molecule has 1 aromatic rings. The number of hydrogen-bond donors (Lipinski definition) is 1. The summed E-state index contributed by atoms with van der Waals surface area (Å²) in [7, 11) is 1.62. The van der Waals surface area contributed by atoms with Crippen molar-refractivity contribution in [3.05, 3.63) is 24.2 Å². The molecule has 0 radical (unpaired) electrons. The van der Waals surface area contributed by atoms with Crippen LogP contribution < -0.4 is 5.73 Å². The quantitative estimate of drug-likeness (QED) is 0.681. The van der Waals surface area contributed by atoms with Gasteiger partial charge in [-0.2, -0.15) is 0 Å². The summed E-state index contributed by atoms with van der Waals surface area (Å²) in [5, 5.41) is 0. The van der Waals surface area contributed by atoms with Crippen LogP contribution >= 0.6 is 0 Å². The monoisotopic (exact) mass is 141 g/mol. The van der Waals surface area contributed by atoms with E-state index in [1.807, 2.05) is 6.07 Å². The molecule has 0 spiro atoms. The van der Waals surface area contributed by atoms with Crippen LogP contribution in [0.2, 0.25) is 0 Å². The molecule has 0 fully saturated rings. The second-order valence-electron chi connectivity index (χ2n) is 2.12. The minimum absolute atomic E-state index is 0.0660. The molecular weight excluding hydrogens is 130 g/mol. The topological polar surface area (TPSA) is 48.4 Å². The molecule has 0 bridgehead atoms. The lowest BCUT2D eigenvalue weighted by atomic mass is 10.2. The van der Waals surface area contributed by atoms with Crippen LogP contribution in [0, 0.1) is 0 Å². The van der Waals surface area contributed by atoms with E-state index < -0.39 is 0 Å². The number of furan rings is 1. The van der Waals surface area contributed by atoms with Gasteiger partial charge in [-0.1, -0.05) is 0 Å². The molecule has 1 atom stereocenters. The number of ether oxygens (including phenoxy) is 1. The molecule has 56 valence electrons. The Bertz CT molecular complexity index is 172. The fraction of sp³-hybridized carbons (Fsp3) is 0.429. The predicted molar refractivity (Wildman–Crippen MR) is 37.5 cm³/mol. The largest absolute Gasteiger partial charge is 0.472 e. The Morgan fingerprint density at radius 3 is 3.10 bits per heavy atom. The molecule has 3 nitrogen and oxygen atoms in total. The summed E-state index contributed by atoms with van der Waals surface area (Å²) >= 11 is 0. The lowest BCUT2D eigenvalue weighted by molar-refractivity contribution is 0.180. The van der Waals surface area contributed by atoms with Gasteiger partial charge in [-0.15, -0.1) is 0 Å². The maximum Gasteiger partial charge on any atom is 0.0951 e. The Morgan fingerprint density at radius 1 is 1.80 bits per heavy atom. The maximum atomic E-state index is 5.66. The van der Waals surface area contributed by atoms with Gasteiger partial charge in [-0.3, -0.25) is 0 Å². The fourth-order valence-electron chi connectivity index (χ4n) is 0.762. The van der Waals surface area contributed by atoms with Gasteiger partial charge in [-0.05, 0) is 6.07 Å². The zero-order chi connectivity index (χ0) is 7.40. The van der Waals surface area contributed by atoms with Crippen molar-refractivity contribution in [1.82, 2.24) is 0 Å². The van der Waals surface area contributed by atoms with E-state index in [2.05, 4.69) is 0 Å². The van der Waals surface area contributed by atoms with Gasteiger partial charge in [0.05, 0.1) is 25.2 Å². The molecule has 0 aliphatic rings. The van der Waals surface area contributed by atoms with Crippen molar-refractivity contribution in [2.45, 2.75) is 6.04 Å². The van der Waals surface area contributed by atoms with Crippen molar-refractivity contribution < 1.29 is 9.15 Å². The molecule has 0 aliphatic heterocycles. The fourth-order valence-corrected chi connectivity index (χ4v) is 0.762. The van der Waals surface area contributed by atoms with Crippen LogP contribution in [0.4, 0.5) is 0 Å². The highest BCUT2D eigenvalue weighted by Crippen LogP contribution is 2.09. The minimum Gasteiger partial charge on any atom is -0.472 e. The van der Waals surface area contributed by atoms with Crippen molar-refractivity contribution in [2.24, 2.45) is 5.73 Å². The van der Waals surface area contributed by atoms with E-state index in [-0.39, 0.29) is 6.04 Å². The summed E-state index contributed by atoms with van der Waals surface area (Å²) in [6, 6.07) is 1.77. The van der Waals surface area contributed by atoms with Gasteiger partial charge in [-0.25, -0.2) is 0 Å². The van der Waals surface area contributed by atoms with Crippen molar-refractivity contribution in [3.8, 4) is 0 Å². The average molecular weight is 141 g/mol. The number of nitrogens with two attached hydrogens (primary N) is 1. The standard InChI is InChI=1S/C7H11NO2/c1-9-5-7(8)6-2-3-10-4-6/h2-4,7H,5,8H2,1H3/t7-/m1/s1. The Hall–Kier alpha value is -0.800. The Kier molecular flexibility index (Phi) is 2.48. The van der Waals surface area contributed by atoms with Gasteiger partial charge < -0.3 is 14.9 Å². The second kappa shape index (κ2) is 3.39. The van der Waals surface area contributed by atoms with Crippen LogP contribution in [-0.2, 0) is 4.74 Å². The van der Waals surface area contributed by atoms with Crippen molar-refractivity contribution in [2.75, 3.05) is 13.7 Å². The highest BCUT2D eigenvalue weighted by Gasteiger charge is 2.04. The number of hydrogen-bond acceptors (Lipinski definition) is 3. The van der Waals surface area contributed by atoms with Crippen LogP contribution in [0.3, 0.4) is 0 Å². The zero-order valence-electron chi connectivity index (χ0n) is 5.91. The SMILES string of the molecule is COC[C@@H](N)c1ccoc1. The van der Waals surface area contributed by atoms with Crippen LogP contribution in [0.15, 0.2) is 23.0 Å². The molecule has 3 heteroatoms. The van der Waals surface area contributed by atoms with E-state index in [0.29, 0.717) is 6.61 Å². The Labute approximate surface area is 59.8 Å². The summed E-state index contributed by atoms with van der Waals surface area (Å²) in [4.78, 5) is 0. The van der Waals surface area contributed by atoms with Crippen LogP contribution in [-0.4, -0.2) is 13.7 Å². The van der Waals surface area contributed by atoms with E-state index in [0.717, 1.165) is 5.56 Å². The first-order chi connectivity index (χ1) is 4.84. The molecule has 2 N–H and O–H groups in total. The lowest BCUT2D eigenvalue weighted by Crippen LogP contribution is -2.14. The van der Waals surface area contributed by atoms with Gasteiger partial charge in [0, 0.05) is 12.7 Å². The second-order valence-corrected chi connectivity index (χ2v) is 2.12. The molecule has 0 aromatic carbocycles. The summed E-state index contributed by atoms with van der Waals surface area (Å²) in [6.45, 7) is 0.527. The first kappa shape index (κ1) is 7.31. The first-order valence-electron chi connectivity index (χ1n) is 3.11. The zero-order valence-corrected chi connectivity index (χ0v) is 5.91. The van der Waals surface area contributed by atoms with Crippen LogP contribution in [0.5, 0.6) is 0 Å². The molecule has 0 aliphatic carbocycles. The van der Waals surface area contributed by atoms with Gasteiger partial charge in [0.1, 0.15) is 0 Å². The normalized spacial score (nSPS) is 13.4. The molecular formula is C7H11NO2. The molecule has 1 aromatic heterocycles. The van der Waals surface area contributed by atoms with E-state index in [1.54, 1.807) is 19.6 Å². The van der Waals surface area contributed by atoms with Crippen molar-refractivity contribution >= 4 is 0 Å². The molecule has 0 amide bonds. The minimum atomic E-state index is -0.0660. The third-order valence-corrected chi connectivity index (χ3v) is 1.32. The van der Waals surface area contributed by atoms with E-state index in [4.69, 9.17) is 14.9 Å². The third kappa shape index (κ3) is 1.59. The molecule has 0 saturated heterocycles. The molecule has 10 heavy (non-hydrogen) atoms. The Morgan fingerprint density at radius 2 is 2.60 bits per heavy atom. The van der Waals surface area contributed by atoms with E-state index in [1.165, 1.54) is 0 Å². The molecule has 0 unspecified atom stereocenters. The molecule has 1 rings (SSSR count). The van der Waals surface area contributed by atoms with Crippen molar-refractivity contribution in [1.29, 1.82) is 0 Å². The number of methoxy groups -OCH3 is 1. The number of rotatable bonds is 3. The van der Waals surface area contributed by atoms with Gasteiger partial charge >= 0.3 is 0 Å². The highest BCUT2D eigenvalue weighted by atomic mass is 16.5. The van der Waals surface area contributed by atoms with Crippen molar-refractivity contribution in [3.63, 3.8) is 0 Å². The van der Waals surface area contributed by atoms with E-state index in [9.17, 15) is 0 Å². The van der Waals surface area contributed by atoms with Gasteiger partial charge in [0.15, 0.2) is 0 Å². The Balaban J connectivity index is 2.50. The van der Waals surface area contributed by atoms with Gasteiger partial charge in [0.25, 0.3) is 0 Å². The van der Waals surface area contributed by atoms with E-state index >= 15 is 0 Å². The van der Waals surface area contributed by atoms with Gasteiger partial charge in [0.2, 0.25) is 0 Å². The first-order valence-corrected chi connectivity index (χ1v) is 3.11. The molecule has 1 heterocycles. The summed E-state index contributed by atoms with van der Waals surface area (Å²) in [5.74, 6) is 0. The smallest absolute Gasteiger partial charge is 0.0951 e. The predicted octanol–water partition coefficient (Wildman–Crippen LogP) is 0.926. The molecule has 0 saturated carbocycles. The highest BCUT2D eigenvalue weighted by molar-refractivity contribution is 5.10. The average Bonchev–Trinajstić information content (AvgIpc) is 2.38. The summed E-state index contributed by atoms with van der Waals surface area (Å²) in [6.07, 6.45) is 3.23. The van der Waals surface area contributed by atoms with Crippen LogP contribution in [0.25, 0.3) is 0 Å². The summed E-state index contributed by atoms with van der Waals surface area (Å²) < 4.78 is 9.71.